The molecule has 0 bridgehead atoms. The molecule has 1 aromatic carbocycles. The second-order valence-electron chi connectivity index (χ2n) is 4.87. The van der Waals surface area contributed by atoms with Gasteiger partial charge in [-0.2, -0.15) is 5.10 Å². The lowest BCUT2D eigenvalue weighted by Gasteiger charge is -2.12. The first-order chi connectivity index (χ1) is 9.58. The molecule has 0 saturated carbocycles. The third-order valence-electron chi connectivity index (χ3n) is 2.80. The SMILES string of the molecule is CCn1cc(CNc2ccc(OC(C)C)c(Cl)c2)cn1. The van der Waals surface area contributed by atoms with E-state index < -0.39 is 0 Å². The molecule has 20 heavy (non-hydrogen) atoms. The number of aromatic nitrogens is 2. The summed E-state index contributed by atoms with van der Waals surface area (Å²) in [4.78, 5) is 0. The fourth-order valence-corrected chi connectivity index (χ4v) is 2.06. The van der Waals surface area contributed by atoms with E-state index in [4.69, 9.17) is 16.3 Å². The lowest BCUT2D eigenvalue weighted by molar-refractivity contribution is 0.242. The van der Waals surface area contributed by atoms with Gasteiger partial charge in [0, 0.05) is 30.5 Å². The Morgan fingerprint density at radius 3 is 2.80 bits per heavy atom. The molecule has 1 aromatic heterocycles. The van der Waals surface area contributed by atoms with Gasteiger partial charge in [-0.05, 0) is 39.0 Å². The maximum atomic E-state index is 6.20. The normalized spacial score (nSPS) is 10.8. The number of hydrogen-bond donors (Lipinski definition) is 1. The molecule has 4 nitrogen and oxygen atoms in total. The van der Waals surface area contributed by atoms with Crippen LogP contribution in [0.15, 0.2) is 30.6 Å². The molecule has 1 N–H and O–H groups in total. The van der Waals surface area contributed by atoms with Crippen molar-refractivity contribution in [3.8, 4) is 5.75 Å². The molecule has 0 saturated heterocycles. The van der Waals surface area contributed by atoms with Gasteiger partial charge in [0.15, 0.2) is 0 Å². The second-order valence-corrected chi connectivity index (χ2v) is 5.28. The maximum Gasteiger partial charge on any atom is 0.138 e. The van der Waals surface area contributed by atoms with E-state index in [1.165, 1.54) is 0 Å². The van der Waals surface area contributed by atoms with E-state index in [1.54, 1.807) is 0 Å². The lowest BCUT2D eigenvalue weighted by atomic mass is 10.2. The van der Waals surface area contributed by atoms with Crippen molar-refractivity contribution in [1.29, 1.82) is 0 Å². The molecule has 0 aliphatic rings. The van der Waals surface area contributed by atoms with E-state index in [1.807, 2.05) is 49.1 Å². The van der Waals surface area contributed by atoms with Gasteiger partial charge in [-0.1, -0.05) is 11.6 Å². The van der Waals surface area contributed by atoms with Gasteiger partial charge in [0.05, 0.1) is 17.3 Å². The second kappa shape index (κ2) is 6.66. The first-order valence-electron chi connectivity index (χ1n) is 6.80. The quantitative estimate of drug-likeness (QED) is 0.876. The molecule has 0 spiro atoms. The summed E-state index contributed by atoms with van der Waals surface area (Å²) >= 11 is 6.20. The fourth-order valence-electron chi connectivity index (χ4n) is 1.84. The van der Waals surface area contributed by atoms with Crippen molar-refractivity contribution < 1.29 is 4.74 Å². The Bertz CT molecular complexity index is 566. The lowest BCUT2D eigenvalue weighted by Crippen LogP contribution is -2.06. The number of anilines is 1. The number of rotatable bonds is 6. The van der Waals surface area contributed by atoms with E-state index in [0.29, 0.717) is 10.8 Å². The van der Waals surface area contributed by atoms with Crippen molar-refractivity contribution >= 4 is 17.3 Å². The van der Waals surface area contributed by atoms with Gasteiger partial charge in [0.1, 0.15) is 5.75 Å². The molecule has 0 unspecified atom stereocenters. The van der Waals surface area contributed by atoms with Crippen LogP contribution in [0.5, 0.6) is 5.75 Å². The van der Waals surface area contributed by atoms with Crippen molar-refractivity contribution in [3.05, 3.63) is 41.2 Å². The van der Waals surface area contributed by atoms with Crippen molar-refractivity contribution in [2.75, 3.05) is 5.32 Å². The summed E-state index contributed by atoms with van der Waals surface area (Å²) in [5.74, 6) is 0.714. The highest BCUT2D eigenvalue weighted by Gasteiger charge is 2.05. The average Bonchev–Trinajstić information content (AvgIpc) is 2.87. The average molecular weight is 294 g/mol. The highest BCUT2D eigenvalue weighted by atomic mass is 35.5. The van der Waals surface area contributed by atoms with Crippen LogP contribution < -0.4 is 10.1 Å². The van der Waals surface area contributed by atoms with Crippen LogP contribution in [-0.4, -0.2) is 15.9 Å². The van der Waals surface area contributed by atoms with Gasteiger partial charge < -0.3 is 10.1 Å². The maximum absolute atomic E-state index is 6.20. The van der Waals surface area contributed by atoms with Crippen LogP contribution in [0.1, 0.15) is 26.3 Å². The van der Waals surface area contributed by atoms with E-state index in [-0.39, 0.29) is 6.10 Å². The van der Waals surface area contributed by atoms with Crippen LogP contribution in [0.25, 0.3) is 0 Å². The summed E-state index contributed by atoms with van der Waals surface area (Å²) in [6.07, 6.45) is 4.02. The molecule has 0 amide bonds. The Morgan fingerprint density at radius 1 is 1.40 bits per heavy atom. The van der Waals surface area contributed by atoms with Crippen molar-refractivity contribution in [2.24, 2.45) is 0 Å². The largest absolute Gasteiger partial charge is 0.489 e. The van der Waals surface area contributed by atoms with E-state index in [0.717, 1.165) is 24.3 Å². The molecule has 0 fully saturated rings. The Balaban J connectivity index is 1.97. The van der Waals surface area contributed by atoms with Crippen molar-refractivity contribution in [1.82, 2.24) is 9.78 Å². The zero-order valence-electron chi connectivity index (χ0n) is 12.1. The minimum absolute atomic E-state index is 0.117. The van der Waals surface area contributed by atoms with E-state index >= 15 is 0 Å². The Labute approximate surface area is 124 Å². The Kier molecular flexibility index (Phi) is 4.90. The minimum Gasteiger partial charge on any atom is -0.489 e. The first-order valence-corrected chi connectivity index (χ1v) is 7.17. The van der Waals surface area contributed by atoms with Crippen LogP contribution in [0.2, 0.25) is 5.02 Å². The third-order valence-corrected chi connectivity index (χ3v) is 3.10. The van der Waals surface area contributed by atoms with E-state index in [2.05, 4.69) is 17.3 Å². The first kappa shape index (κ1) is 14.7. The van der Waals surface area contributed by atoms with E-state index in [9.17, 15) is 0 Å². The summed E-state index contributed by atoms with van der Waals surface area (Å²) in [5.41, 5.74) is 2.11. The van der Waals surface area contributed by atoms with Gasteiger partial charge in [-0.15, -0.1) is 0 Å². The summed E-state index contributed by atoms with van der Waals surface area (Å²) in [5, 5.41) is 8.19. The number of nitrogens with zero attached hydrogens (tertiary/aromatic N) is 2. The molecule has 0 aliphatic carbocycles. The molecule has 0 aliphatic heterocycles. The van der Waals surface area contributed by atoms with Crippen molar-refractivity contribution in [3.63, 3.8) is 0 Å². The summed E-state index contributed by atoms with van der Waals surface area (Å²) in [6.45, 7) is 7.63. The number of hydrogen-bond acceptors (Lipinski definition) is 3. The predicted molar refractivity (Wildman–Crippen MR) is 82.4 cm³/mol. The topological polar surface area (TPSA) is 39.1 Å². The van der Waals surface area contributed by atoms with Crippen LogP contribution in [0, 0.1) is 0 Å². The zero-order chi connectivity index (χ0) is 14.5. The van der Waals surface area contributed by atoms with Gasteiger partial charge in [-0.25, -0.2) is 0 Å². The van der Waals surface area contributed by atoms with Gasteiger partial charge in [-0.3, -0.25) is 4.68 Å². The fraction of sp³-hybridized carbons (Fsp3) is 0.400. The molecule has 2 aromatic rings. The van der Waals surface area contributed by atoms with Crippen LogP contribution in [0.3, 0.4) is 0 Å². The highest BCUT2D eigenvalue weighted by molar-refractivity contribution is 6.32. The third kappa shape index (κ3) is 3.90. The molecule has 0 atom stereocenters. The van der Waals surface area contributed by atoms with Gasteiger partial charge in [0.25, 0.3) is 0 Å². The minimum atomic E-state index is 0.117. The van der Waals surface area contributed by atoms with Crippen LogP contribution in [0.4, 0.5) is 5.69 Å². The molecule has 108 valence electrons. The number of benzene rings is 1. The molecule has 0 radical (unpaired) electrons. The zero-order valence-corrected chi connectivity index (χ0v) is 12.8. The number of nitrogens with one attached hydrogen (secondary N) is 1. The molecule has 1 heterocycles. The van der Waals surface area contributed by atoms with Crippen molar-refractivity contribution in [2.45, 2.75) is 40.0 Å². The Morgan fingerprint density at radius 2 is 2.20 bits per heavy atom. The van der Waals surface area contributed by atoms with Crippen LogP contribution in [-0.2, 0) is 13.1 Å². The van der Waals surface area contributed by atoms with Gasteiger partial charge in [0.2, 0.25) is 0 Å². The summed E-state index contributed by atoms with van der Waals surface area (Å²) in [7, 11) is 0. The summed E-state index contributed by atoms with van der Waals surface area (Å²) in [6, 6.07) is 5.73. The van der Waals surface area contributed by atoms with Crippen LogP contribution >= 0.6 is 11.6 Å². The predicted octanol–water partition coefficient (Wildman–Crippen LogP) is 3.96. The van der Waals surface area contributed by atoms with Gasteiger partial charge >= 0.3 is 0 Å². The number of aryl methyl sites for hydroxylation is 1. The smallest absolute Gasteiger partial charge is 0.138 e. The standard InChI is InChI=1S/C15H20ClN3O/c1-4-19-10-12(9-18-19)8-17-13-5-6-15(14(16)7-13)20-11(2)3/h5-7,9-11,17H,4,8H2,1-3H3. The molecule has 2 rings (SSSR count). The number of ether oxygens (including phenoxy) is 1. The summed E-state index contributed by atoms with van der Waals surface area (Å²) < 4.78 is 7.51. The molecule has 5 heteroatoms. The molecular weight excluding hydrogens is 274 g/mol. The highest BCUT2D eigenvalue weighted by Crippen LogP contribution is 2.28. The Hall–Kier alpha value is -1.68. The molecular formula is C15H20ClN3O. The number of halogens is 1. The monoisotopic (exact) mass is 293 g/mol.